The van der Waals surface area contributed by atoms with Gasteiger partial charge >= 0.3 is 0 Å². The van der Waals surface area contributed by atoms with Gasteiger partial charge in [0, 0.05) is 4.90 Å². The van der Waals surface area contributed by atoms with Crippen LogP contribution in [-0.4, -0.2) is 0 Å². The number of aryl methyl sites for hydroxylation is 1. The minimum Gasteiger partial charge on any atom is -0.0943 e. The number of hydrogen-bond donors (Lipinski definition) is 0. The van der Waals surface area contributed by atoms with E-state index in [0.717, 1.165) is 0 Å². The average molecular weight is 216 g/mol. The van der Waals surface area contributed by atoms with Crippen molar-refractivity contribution in [1.29, 1.82) is 0 Å². The maximum Gasteiger partial charge on any atom is 0.0119 e. The van der Waals surface area contributed by atoms with Gasteiger partial charge < -0.3 is 0 Å². The summed E-state index contributed by atoms with van der Waals surface area (Å²) in [7, 11) is 0. The van der Waals surface area contributed by atoms with Gasteiger partial charge in [0.15, 0.2) is 0 Å². The molecule has 0 saturated heterocycles. The van der Waals surface area contributed by atoms with Gasteiger partial charge in [0.25, 0.3) is 0 Å². The normalized spacial score (nSPS) is 20.1. The molecule has 1 aromatic rings. The third kappa shape index (κ3) is 2.75. The van der Waals surface area contributed by atoms with E-state index in [9.17, 15) is 0 Å². The van der Waals surface area contributed by atoms with E-state index in [-0.39, 0.29) is 0 Å². The highest BCUT2D eigenvalue weighted by Gasteiger charge is 2.10. The molecule has 0 bridgehead atoms. The van der Waals surface area contributed by atoms with Gasteiger partial charge in [-0.2, -0.15) is 0 Å². The number of benzene rings is 1. The fraction of sp³-hybridized carbons (Fsp3) is 0.286. The van der Waals surface area contributed by atoms with Crippen LogP contribution >= 0.6 is 11.8 Å². The maximum atomic E-state index is 2.29. The van der Waals surface area contributed by atoms with Gasteiger partial charge in [-0.15, -0.1) is 0 Å². The third-order valence-corrected chi connectivity index (χ3v) is 3.91. The molecule has 0 aliphatic heterocycles. The molecule has 0 radical (unpaired) electrons. The minimum absolute atomic E-state index is 0.668. The zero-order chi connectivity index (χ0) is 10.7. The van der Waals surface area contributed by atoms with E-state index in [1.54, 1.807) is 0 Å². The van der Waals surface area contributed by atoms with E-state index in [0.29, 0.717) is 5.92 Å². The van der Waals surface area contributed by atoms with E-state index >= 15 is 0 Å². The van der Waals surface area contributed by atoms with Crippen molar-refractivity contribution in [2.45, 2.75) is 25.2 Å². The third-order valence-electron chi connectivity index (χ3n) is 2.63. The predicted molar refractivity (Wildman–Crippen MR) is 68.0 cm³/mol. The molecular weight excluding hydrogens is 200 g/mol. The van der Waals surface area contributed by atoms with Crippen LogP contribution in [0.5, 0.6) is 0 Å². The zero-order valence-corrected chi connectivity index (χ0v) is 10.1. The van der Waals surface area contributed by atoms with Crippen molar-refractivity contribution in [2.24, 2.45) is 5.92 Å². The summed E-state index contributed by atoms with van der Waals surface area (Å²) in [5.74, 6) is 0.668. The summed E-state index contributed by atoms with van der Waals surface area (Å²) in [5.41, 5.74) is 1.32. The Bertz CT molecular complexity index is 384. The largest absolute Gasteiger partial charge is 0.0943 e. The molecule has 0 nitrogen and oxygen atoms in total. The van der Waals surface area contributed by atoms with Gasteiger partial charge in [0.1, 0.15) is 0 Å². The molecule has 0 amide bonds. The smallest absolute Gasteiger partial charge is 0.0119 e. The van der Waals surface area contributed by atoms with Crippen molar-refractivity contribution >= 4 is 11.8 Å². The summed E-state index contributed by atoms with van der Waals surface area (Å²) in [5, 5.41) is 0. The molecule has 78 valence electrons. The highest BCUT2D eigenvalue weighted by molar-refractivity contribution is 8.03. The SMILES string of the molecule is Cc1ccc(SC2=CC=CCC2C)cc1. The number of hydrogen-bond acceptors (Lipinski definition) is 1. The van der Waals surface area contributed by atoms with Crippen LogP contribution in [0.15, 0.2) is 52.3 Å². The summed E-state index contributed by atoms with van der Waals surface area (Å²) >= 11 is 1.89. The van der Waals surface area contributed by atoms with Crippen molar-refractivity contribution in [3.63, 3.8) is 0 Å². The average Bonchev–Trinajstić information content (AvgIpc) is 2.25. The summed E-state index contributed by atoms with van der Waals surface area (Å²) < 4.78 is 0. The first kappa shape index (κ1) is 10.6. The van der Waals surface area contributed by atoms with Crippen LogP contribution in [0, 0.1) is 12.8 Å². The molecule has 0 N–H and O–H groups in total. The van der Waals surface area contributed by atoms with Crippen LogP contribution in [0.1, 0.15) is 18.9 Å². The van der Waals surface area contributed by atoms with E-state index in [1.807, 2.05) is 11.8 Å². The van der Waals surface area contributed by atoms with E-state index < -0.39 is 0 Å². The lowest BCUT2D eigenvalue weighted by molar-refractivity contribution is 0.724. The van der Waals surface area contributed by atoms with Crippen molar-refractivity contribution in [1.82, 2.24) is 0 Å². The summed E-state index contributed by atoms with van der Waals surface area (Å²) in [6.45, 7) is 4.41. The maximum absolute atomic E-state index is 2.29. The van der Waals surface area contributed by atoms with Crippen LogP contribution in [0.3, 0.4) is 0 Å². The highest BCUT2D eigenvalue weighted by Crippen LogP contribution is 2.35. The van der Waals surface area contributed by atoms with Crippen molar-refractivity contribution in [3.8, 4) is 0 Å². The van der Waals surface area contributed by atoms with Gasteiger partial charge in [-0.05, 0) is 36.3 Å². The van der Waals surface area contributed by atoms with E-state index in [4.69, 9.17) is 0 Å². The van der Waals surface area contributed by atoms with Crippen molar-refractivity contribution in [2.75, 3.05) is 0 Å². The van der Waals surface area contributed by atoms with Crippen molar-refractivity contribution < 1.29 is 0 Å². The predicted octanol–water partition coefficient (Wildman–Crippen LogP) is 4.57. The monoisotopic (exact) mass is 216 g/mol. The number of allylic oxidation sites excluding steroid dienone is 4. The van der Waals surface area contributed by atoms with Crippen LogP contribution in [-0.2, 0) is 0 Å². The molecule has 0 aromatic heterocycles. The quantitative estimate of drug-likeness (QED) is 0.698. The Hall–Kier alpha value is -0.950. The van der Waals surface area contributed by atoms with Crippen molar-refractivity contribution in [3.05, 3.63) is 53.0 Å². The molecule has 1 heteroatoms. The molecule has 0 saturated carbocycles. The number of thioether (sulfide) groups is 1. The lowest BCUT2D eigenvalue weighted by Crippen LogP contribution is -1.97. The molecule has 1 unspecified atom stereocenters. The first-order valence-corrected chi connectivity index (χ1v) is 6.18. The Balaban J connectivity index is 2.11. The lowest BCUT2D eigenvalue weighted by atomic mass is 10.0. The van der Waals surface area contributed by atoms with Gasteiger partial charge in [-0.3, -0.25) is 0 Å². The molecule has 1 aliphatic rings. The van der Waals surface area contributed by atoms with Gasteiger partial charge in [0.2, 0.25) is 0 Å². The molecule has 15 heavy (non-hydrogen) atoms. The van der Waals surface area contributed by atoms with Gasteiger partial charge in [-0.25, -0.2) is 0 Å². The lowest BCUT2D eigenvalue weighted by Gasteiger charge is -2.16. The molecule has 0 spiro atoms. The second-order valence-electron chi connectivity index (χ2n) is 4.05. The fourth-order valence-corrected chi connectivity index (χ4v) is 2.59. The van der Waals surface area contributed by atoms with Gasteiger partial charge in [0.05, 0.1) is 0 Å². The van der Waals surface area contributed by atoms with E-state index in [1.165, 1.54) is 21.8 Å². The topological polar surface area (TPSA) is 0 Å². The van der Waals surface area contributed by atoms with Crippen LogP contribution in [0.25, 0.3) is 0 Å². The molecule has 1 aromatic carbocycles. The van der Waals surface area contributed by atoms with Gasteiger partial charge in [-0.1, -0.05) is 54.6 Å². The Morgan fingerprint density at radius 1 is 1.20 bits per heavy atom. The first-order chi connectivity index (χ1) is 7.25. The Labute approximate surface area is 96.1 Å². The molecular formula is C14H16S. The highest BCUT2D eigenvalue weighted by atomic mass is 32.2. The van der Waals surface area contributed by atoms with Crippen LogP contribution in [0.2, 0.25) is 0 Å². The standard InChI is InChI=1S/C14H16S/c1-11-7-9-13(10-8-11)15-14-6-4-3-5-12(14)2/h3-4,6-10,12H,5H2,1-2H3. The van der Waals surface area contributed by atoms with Crippen LogP contribution in [0.4, 0.5) is 0 Å². The molecule has 2 rings (SSSR count). The summed E-state index contributed by atoms with van der Waals surface area (Å²) in [4.78, 5) is 2.82. The Morgan fingerprint density at radius 3 is 2.60 bits per heavy atom. The molecule has 0 heterocycles. The minimum atomic E-state index is 0.668. The second-order valence-corrected chi connectivity index (χ2v) is 5.20. The van der Waals surface area contributed by atoms with E-state index in [2.05, 4.69) is 56.3 Å². The Morgan fingerprint density at radius 2 is 1.93 bits per heavy atom. The molecule has 1 aliphatic carbocycles. The zero-order valence-electron chi connectivity index (χ0n) is 9.23. The second kappa shape index (κ2) is 4.71. The molecule has 0 fully saturated rings. The number of rotatable bonds is 2. The fourth-order valence-electron chi connectivity index (χ4n) is 1.60. The summed E-state index contributed by atoms with van der Waals surface area (Å²) in [6, 6.07) is 8.75. The Kier molecular flexibility index (Phi) is 3.32. The molecule has 1 atom stereocenters. The summed E-state index contributed by atoms with van der Waals surface area (Å²) in [6.07, 6.45) is 7.81. The van der Waals surface area contributed by atoms with Crippen LogP contribution < -0.4 is 0 Å². The first-order valence-electron chi connectivity index (χ1n) is 5.37.